The minimum absolute atomic E-state index is 0.266. The van der Waals surface area contributed by atoms with E-state index in [0.717, 1.165) is 11.1 Å². The monoisotopic (exact) mass is 398 g/mol. The van der Waals surface area contributed by atoms with E-state index < -0.39 is 5.91 Å². The SMILES string of the molecule is O=C(N/N=C\c1ccccc1OCc1ccccc1)c1ccc(Cl)cc1Cl. The van der Waals surface area contributed by atoms with Gasteiger partial charge >= 0.3 is 0 Å². The number of hydrogen-bond acceptors (Lipinski definition) is 3. The molecule has 0 aliphatic rings. The van der Waals surface area contributed by atoms with Gasteiger partial charge in [0.05, 0.1) is 16.8 Å². The third-order valence-corrected chi connectivity index (χ3v) is 4.25. The van der Waals surface area contributed by atoms with Crippen molar-refractivity contribution >= 4 is 35.3 Å². The Bertz CT molecular complexity index is 959. The molecule has 0 spiro atoms. The fourth-order valence-electron chi connectivity index (χ4n) is 2.35. The molecule has 0 heterocycles. The molecule has 0 bridgehead atoms. The summed E-state index contributed by atoms with van der Waals surface area (Å²) >= 11 is 11.9. The molecule has 0 saturated carbocycles. The molecule has 1 N–H and O–H groups in total. The first kappa shape index (κ1) is 19.0. The van der Waals surface area contributed by atoms with Crippen LogP contribution in [-0.2, 0) is 6.61 Å². The summed E-state index contributed by atoms with van der Waals surface area (Å²) in [5, 5.41) is 4.73. The van der Waals surface area contributed by atoms with Crippen molar-refractivity contribution in [3.63, 3.8) is 0 Å². The largest absolute Gasteiger partial charge is 0.488 e. The predicted molar refractivity (Wildman–Crippen MR) is 109 cm³/mol. The number of hydrazone groups is 1. The smallest absolute Gasteiger partial charge is 0.272 e. The van der Waals surface area contributed by atoms with Crippen LogP contribution in [0.1, 0.15) is 21.5 Å². The molecule has 136 valence electrons. The lowest BCUT2D eigenvalue weighted by Gasteiger charge is -2.09. The molecule has 4 nitrogen and oxygen atoms in total. The van der Waals surface area contributed by atoms with Crippen molar-refractivity contribution < 1.29 is 9.53 Å². The average Bonchev–Trinajstić information content (AvgIpc) is 2.68. The summed E-state index contributed by atoms with van der Waals surface area (Å²) in [6.45, 7) is 0.443. The maximum atomic E-state index is 12.2. The molecule has 0 unspecified atom stereocenters. The number of carbonyl (C=O) groups is 1. The number of rotatable bonds is 6. The van der Waals surface area contributed by atoms with Gasteiger partial charge in [0.25, 0.3) is 5.91 Å². The van der Waals surface area contributed by atoms with Gasteiger partial charge in [0.1, 0.15) is 12.4 Å². The Hall–Kier alpha value is -2.82. The van der Waals surface area contributed by atoms with Crippen LogP contribution in [0.2, 0.25) is 10.0 Å². The van der Waals surface area contributed by atoms with Crippen LogP contribution >= 0.6 is 23.2 Å². The Morgan fingerprint density at radius 2 is 1.74 bits per heavy atom. The van der Waals surface area contributed by atoms with Crippen LogP contribution in [0.3, 0.4) is 0 Å². The molecule has 0 fully saturated rings. The highest BCUT2D eigenvalue weighted by Gasteiger charge is 2.09. The van der Waals surface area contributed by atoms with Gasteiger partial charge in [-0.2, -0.15) is 5.10 Å². The van der Waals surface area contributed by atoms with Crippen LogP contribution < -0.4 is 10.2 Å². The van der Waals surface area contributed by atoms with Gasteiger partial charge in [-0.05, 0) is 35.9 Å². The highest BCUT2D eigenvalue weighted by molar-refractivity contribution is 6.36. The number of hydrogen-bond donors (Lipinski definition) is 1. The van der Waals surface area contributed by atoms with Gasteiger partial charge in [-0.1, -0.05) is 65.7 Å². The maximum Gasteiger partial charge on any atom is 0.272 e. The lowest BCUT2D eigenvalue weighted by Crippen LogP contribution is -2.18. The van der Waals surface area contributed by atoms with E-state index in [1.54, 1.807) is 12.1 Å². The third kappa shape index (κ3) is 5.33. The standard InChI is InChI=1S/C21H16Cl2N2O2/c22-17-10-11-18(19(23)12-17)21(26)25-24-13-16-8-4-5-9-20(16)27-14-15-6-2-1-3-7-15/h1-13H,14H2,(H,25,26)/b24-13-. The van der Waals surface area contributed by atoms with Crippen molar-refractivity contribution in [2.45, 2.75) is 6.61 Å². The van der Waals surface area contributed by atoms with Gasteiger partial charge in [0.2, 0.25) is 0 Å². The van der Waals surface area contributed by atoms with Gasteiger partial charge in [-0.25, -0.2) is 5.43 Å². The van der Waals surface area contributed by atoms with E-state index in [9.17, 15) is 4.79 Å². The molecule has 0 radical (unpaired) electrons. The summed E-state index contributed by atoms with van der Waals surface area (Å²) in [6, 6.07) is 22.0. The Balaban J connectivity index is 1.65. The molecular formula is C21H16Cl2N2O2. The first-order valence-corrected chi connectivity index (χ1v) is 8.93. The quantitative estimate of drug-likeness (QED) is 0.450. The highest BCUT2D eigenvalue weighted by Crippen LogP contribution is 2.21. The van der Waals surface area contributed by atoms with E-state index in [1.165, 1.54) is 12.3 Å². The second kappa shape index (κ2) is 9.21. The number of carbonyl (C=O) groups excluding carboxylic acids is 1. The number of nitrogens with one attached hydrogen (secondary N) is 1. The molecule has 0 atom stereocenters. The molecule has 3 aromatic rings. The molecule has 0 aliphatic carbocycles. The number of para-hydroxylation sites is 1. The summed E-state index contributed by atoms with van der Waals surface area (Å²) in [7, 11) is 0. The fourth-order valence-corrected chi connectivity index (χ4v) is 2.84. The Kier molecular flexibility index (Phi) is 6.47. The molecule has 3 aromatic carbocycles. The van der Waals surface area contributed by atoms with Crippen molar-refractivity contribution in [3.8, 4) is 5.75 Å². The first-order chi connectivity index (χ1) is 13.1. The van der Waals surface area contributed by atoms with E-state index >= 15 is 0 Å². The number of nitrogens with zero attached hydrogens (tertiary/aromatic N) is 1. The Labute approximate surface area is 167 Å². The van der Waals surface area contributed by atoms with Crippen LogP contribution in [-0.4, -0.2) is 12.1 Å². The zero-order chi connectivity index (χ0) is 19.1. The van der Waals surface area contributed by atoms with E-state index in [1.807, 2.05) is 54.6 Å². The summed E-state index contributed by atoms with van der Waals surface area (Å²) < 4.78 is 5.86. The van der Waals surface area contributed by atoms with Gasteiger partial charge in [0.15, 0.2) is 0 Å². The van der Waals surface area contributed by atoms with Crippen LogP contribution in [0.15, 0.2) is 77.9 Å². The topological polar surface area (TPSA) is 50.7 Å². The summed E-state index contributed by atoms with van der Waals surface area (Å²) in [5.74, 6) is 0.250. The highest BCUT2D eigenvalue weighted by atomic mass is 35.5. The second-order valence-electron chi connectivity index (χ2n) is 5.64. The van der Waals surface area contributed by atoms with Crippen LogP contribution in [0, 0.1) is 0 Å². The molecule has 0 saturated heterocycles. The van der Waals surface area contributed by atoms with Crippen molar-refractivity contribution in [3.05, 3.63) is 99.5 Å². The number of ether oxygens (including phenoxy) is 1. The molecule has 1 amide bonds. The van der Waals surface area contributed by atoms with Crippen molar-refractivity contribution in [2.75, 3.05) is 0 Å². The zero-order valence-corrected chi connectivity index (χ0v) is 15.7. The van der Waals surface area contributed by atoms with Crippen molar-refractivity contribution in [1.82, 2.24) is 5.43 Å². The Morgan fingerprint density at radius 1 is 1.00 bits per heavy atom. The fraction of sp³-hybridized carbons (Fsp3) is 0.0476. The van der Waals surface area contributed by atoms with E-state index in [0.29, 0.717) is 22.9 Å². The lowest BCUT2D eigenvalue weighted by atomic mass is 10.2. The van der Waals surface area contributed by atoms with E-state index in [-0.39, 0.29) is 5.02 Å². The molecule has 3 rings (SSSR count). The van der Waals surface area contributed by atoms with Crippen molar-refractivity contribution in [1.29, 1.82) is 0 Å². The third-order valence-electron chi connectivity index (χ3n) is 3.70. The molecule has 27 heavy (non-hydrogen) atoms. The first-order valence-electron chi connectivity index (χ1n) is 8.17. The summed E-state index contributed by atoms with van der Waals surface area (Å²) in [5.41, 5.74) is 4.57. The van der Waals surface area contributed by atoms with E-state index in [2.05, 4.69) is 10.5 Å². The van der Waals surface area contributed by atoms with Crippen LogP contribution in [0.25, 0.3) is 0 Å². The van der Waals surface area contributed by atoms with E-state index in [4.69, 9.17) is 27.9 Å². The van der Waals surface area contributed by atoms with Crippen molar-refractivity contribution in [2.24, 2.45) is 5.10 Å². The normalized spacial score (nSPS) is 10.7. The second-order valence-corrected chi connectivity index (χ2v) is 6.48. The maximum absolute atomic E-state index is 12.2. The molecule has 6 heteroatoms. The Morgan fingerprint density at radius 3 is 2.52 bits per heavy atom. The molecule has 0 aromatic heterocycles. The lowest BCUT2D eigenvalue weighted by molar-refractivity contribution is 0.0955. The zero-order valence-electron chi connectivity index (χ0n) is 14.2. The van der Waals surface area contributed by atoms with Crippen LogP contribution in [0.4, 0.5) is 0 Å². The average molecular weight is 399 g/mol. The van der Waals surface area contributed by atoms with Gasteiger partial charge < -0.3 is 4.74 Å². The number of amides is 1. The van der Waals surface area contributed by atoms with Gasteiger partial charge in [-0.15, -0.1) is 0 Å². The molecule has 0 aliphatic heterocycles. The minimum atomic E-state index is -0.421. The number of halogens is 2. The minimum Gasteiger partial charge on any atom is -0.488 e. The summed E-state index contributed by atoms with van der Waals surface area (Å²) in [4.78, 5) is 12.2. The van der Waals surface area contributed by atoms with Crippen LogP contribution in [0.5, 0.6) is 5.75 Å². The summed E-state index contributed by atoms with van der Waals surface area (Å²) in [6.07, 6.45) is 1.53. The predicted octanol–water partition coefficient (Wildman–Crippen LogP) is 5.34. The van der Waals surface area contributed by atoms with Gasteiger partial charge in [-0.3, -0.25) is 4.79 Å². The van der Waals surface area contributed by atoms with Gasteiger partial charge in [0, 0.05) is 10.6 Å². The number of benzene rings is 3. The molecular weight excluding hydrogens is 383 g/mol.